The molecule has 4 nitrogen and oxygen atoms in total. The van der Waals surface area contributed by atoms with Gasteiger partial charge in [-0.05, 0) is 49.9 Å². The van der Waals surface area contributed by atoms with Crippen molar-refractivity contribution in [3.8, 4) is 0 Å². The van der Waals surface area contributed by atoms with Crippen molar-refractivity contribution >= 4 is 28.1 Å². The van der Waals surface area contributed by atoms with Gasteiger partial charge in [-0.3, -0.25) is 4.79 Å². The highest BCUT2D eigenvalue weighted by atomic mass is 32.1. The number of carbonyl (C=O) groups is 1. The van der Waals surface area contributed by atoms with Gasteiger partial charge in [0, 0.05) is 12.2 Å². The van der Waals surface area contributed by atoms with Crippen LogP contribution in [0.25, 0.3) is 0 Å². The second kappa shape index (κ2) is 8.35. The summed E-state index contributed by atoms with van der Waals surface area (Å²) in [5.41, 5.74) is 6.52. The summed E-state index contributed by atoms with van der Waals surface area (Å²) in [5.74, 6) is -0.0850. The molecule has 140 valence electrons. The molecule has 2 N–H and O–H groups in total. The summed E-state index contributed by atoms with van der Waals surface area (Å²) >= 11 is 1.38. The number of anilines is 2. The summed E-state index contributed by atoms with van der Waals surface area (Å²) in [4.78, 5) is 17.7. The number of aryl methyl sites for hydroxylation is 4. The quantitative estimate of drug-likeness (QED) is 0.611. The van der Waals surface area contributed by atoms with Crippen molar-refractivity contribution in [2.75, 3.05) is 5.32 Å². The fourth-order valence-electron chi connectivity index (χ4n) is 2.89. The van der Waals surface area contributed by atoms with Crippen molar-refractivity contribution in [1.29, 1.82) is 0 Å². The van der Waals surface area contributed by atoms with E-state index >= 15 is 0 Å². The van der Waals surface area contributed by atoms with E-state index in [1.165, 1.54) is 22.5 Å². The van der Waals surface area contributed by atoms with Gasteiger partial charge in [0.05, 0.1) is 5.69 Å². The Kier molecular flexibility index (Phi) is 5.91. The van der Waals surface area contributed by atoms with Crippen molar-refractivity contribution in [1.82, 2.24) is 10.3 Å². The van der Waals surface area contributed by atoms with Gasteiger partial charge in [-0.15, -0.1) is 0 Å². The zero-order valence-electron chi connectivity index (χ0n) is 16.2. The van der Waals surface area contributed by atoms with Crippen LogP contribution < -0.4 is 10.6 Å². The zero-order chi connectivity index (χ0) is 19.4. The van der Waals surface area contributed by atoms with E-state index in [0.717, 1.165) is 34.1 Å². The lowest BCUT2D eigenvalue weighted by molar-refractivity contribution is 0.0954. The molecule has 3 rings (SSSR count). The van der Waals surface area contributed by atoms with Crippen LogP contribution in [0.5, 0.6) is 0 Å². The Bertz CT molecular complexity index is 945. The minimum absolute atomic E-state index is 0.0850. The maximum atomic E-state index is 12.6. The minimum atomic E-state index is -0.0850. The van der Waals surface area contributed by atoms with Crippen LogP contribution in [-0.2, 0) is 13.0 Å². The molecule has 0 saturated carbocycles. The first kappa shape index (κ1) is 19.1. The first-order chi connectivity index (χ1) is 13.0. The standard InChI is InChI=1S/C22H25N3OS/c1-5-17-7-9-18(10-8-17)13-23-21(26)20-16(4)24-22(27-20)25-19-11-6-14(2)12-15(19)3/h6-12H,5,13H2,1-4H3,(H,23,26)(H,24,25). The molecule has 2 aromatic carbocycles. The third kappa shape index (κ3) is 4.74. The molecule has 0 radical (unpaired) electrons. The summed E-state index contributed by atoms with van der Waals surface area (Å²) in [6.07, 6.45) is 1.02. The van der Waals surface area contributed by atoms with E-state index in [1.807, 2.05) is 13.0 Å². The molecule has 0 spiro atoms. The number of aromatic nitrogens is 1. The molecule has 0 saturated heterocycles. The average molecular weight is 380 g/mol. The third-order valence-electron chi connectivity index (χ3n) is 4.51. The lowest BCUT2D eigenvalue weighted by Gasteiger charge is -2.07. The van der Waals surface area contributed by atoms with E-state index in [-0.39, 0.29) is 5.91 Å². The number of benzene rings is 2. The molecule has 0 aliphatic carbocycles. The van der Waals surface area contributed by atoms with Crippen molar-refractivity contribution < 1.29 is 4.79 Å². The molecule has 1 amide bonds. The van der Waals surface area contributed by atoms with Crippen LogP contribution in [0.3, 0.4) is 0 Å². The van der Waals surface area contributed by atoms with Gasteiger partial charge in [0.25, 0.3) is 5.91 Å². The number of nitrogens with one attached hydrogen (secondary N) is 2. The number of rotatable bonds is 6. The van der Waals surface area contributed by atoms with Crippen molar-refractivity contribution in [2.45, 2.75) is 40.7 Å². The monoisotopic (exact) mass is 379 g/mol. The summed E-state index contributed by atoms with van der Waals surface area (Å²) in [7, 11) is 0. The SMILES string of the molecule is CCc1ccc(CNC(=O)c2sc(Nc3ccc(C)cc3C)nc2C)cc1. The Balaban J connectivity index is 1.66. The topological polar surface area (TPSA) is 54.0 Å². The van der Waals surface area contributed by atoms with Crippen LogP contribution in [0.15, 0.2) is 42.5 Å². The van der Waals surface area contributed by atoms with Gasteiger partial charge in [-0.1, -0.05) is 60.2 Å². The maximum Gasteiger partial charge on any atom is 0.263 e. The number of carbonyl (C=O) groups excluding carboxylic acids is 1. The number of hydrogen-bond acceptors (Lipinski definition) is 4. The van der Waals surface area contributed by atoms with Gasteiger partial charge in [-0.2, -0.15) is 0 Å². The minimum Gasteiger partial charge on any atom is -0.347 e. The number of nitrogens with zero attached hydrogens (tertiary/aromatic N) is 1. The van der Waals surface area contributed by atoms with Crippen LogP contribution >= 0.6 is 11.3 Å². The highest BCUT2D eigenvalue weighted by Gasteiger charge is 2.15. The first-order valence-electron chi connectivity index (χ1n) is 9.14. The molecular formula is C22H25N3OS. The van der Waals surface area contributed by atoms with Crippen molar-refractivity contribution in [3.63, 3.8) is 0 Å². The van der Waals surface area contributed by atoms with Gasteiger partial charge in [-0.25, -0.2) is 4.98 Å². The second-order valence-corrected chi connectivity index (χ2v) is 7.73. The van der Waals surface area contributed by atoms with Gasteiger partial charge in [0.2, 0.25) is 0 Å². The number of amides is 1. The second-order valence-electron chi connectivity index (χ2n) is 6.73. The molecule has 0 bridgehead atoms. The van der Waals surface area contributed by atoms with E-state index in [1.54, 1.807) is 0 Å². The fourth-order valence-corrected chi connectivity index (χ4v) is 3.78. The maximum absolute atomic E-state index is 12.6. The van der Waals surface area contributed by atoms with E-state index in [2.05, 4.69) is 72.8 Å². The highest BCUT2D eigenvalue weighted by molar-refractivity contribution is 7.17. The first-order valence-corrected chi connectivity index (χ1v) is 9.95. The molecule has 0 atom stereocenters. The number of thiazole rings is 1. The van der Waals surface area contributed by atoms with E-state index in [4.69, 9.17) is 0 Å². The molecule has 5 heteroatoms. The predicted octanol–water partition coefficient (Wildman–Crippen LogP) is 5.30. The normalized spacial score (nSPS) is 10.7. The molecule has 0 fully saturated rings. The highest BCUT2D eigenvalue weighted by Crippen LogP contribution is 2.27. The van der Waals surface area contributed by atoms with Crippen molar-refractivity contribution in [3.05, 3.63) is 75.3 Å². The molecule has 27 heavy (non-hydrogen) atoms. The van der Waals surface area contributed by atoms with Gasteiger partial charge < -0.3 is 10.6 Å². The summed E-state index contributed by atoms with van der Waals surface area (Å²) in [6.45, 7) is 8.65. The Labute approximate surface area is 164 Å². The smallest absolute Gasteiger partial charge is 0.263 e. The number of hydrogen-bond donors (Lipinski definition) is 2. The molecule has 1 heterocycles. The predicted molar refractivity (Wildman–Crippen MR) is 113 cm³/mol. The fraction of sp³-hybridized carbons (Fsp3) is 0.273. The van der Waals surface area contributed by atoms with Crippen molar-refractivity contribution in [2.24, 2.45) is 0 Å². The molecule has 1 aromatic heterocycles. The Morgan fingerprint density at radius 1 is 1.04 bits per heavy atom. The van der Waals surface area contributed by atoms with Gasteiger partial charge in [0.15, 0.2) is 5.13 Å². The van der Waals surface area contributed by atoms with E-state index in [0.29, 0.717) is 11.4 Å². The zero-order valence-corrected chi connectivity index (χ0v) is 17.0. The van der Waals surface area contributed by atoms with E-state index < -0.39 is 0 Å². The van der Waals surface area contributed by atoms with Gasteiger partial charge >= 0.3 is 0 Å². The molecule has 0 unspecified atom stereocenters. The van der Waals surface area contributed by atoms with Crippen LogP contribution in [-0.4, -0.2) is 10.9 Å². The molecule has 0 aliphatic heterocycles. The molecule has 3 aromatic rings. The Morgan fingerprint density at radius 2 is 1.74 bits per heavy atom. The summed E-state index contributed by atoms with van der Waals surface area (Å²) < 4.78 is 0. The summed E-state index contributed by atoms with van der Waals surface area (Å²) in [5, 5.41) is 7.06. The van der Waals surface area contributed by atoms with E-state index in [9.17, 15) is 4.79 Å². The van der Waals surface area contributed by atoms with Gasteiger partial charge in [0.1, 0.15) is 4.88 Å². The average Bonchev–Trinajstić information content (AvgIpc) is 3.03. The Morgan fingerprint density at radius 3 is 2.41 bits per heavy atom. The van der Waals surface area contributed by atoms with Crippen LogP contribution in [0.2, 0.25) is 0 Å². The third-order valence-corrected chi connectivity index (χ3v) is 5.58. The molecular weight excluding hydrogens is 354 g/mol. The van der Waals surface area contributed by atoms with Crippen LogP contribution in [0, 0.1) is 20.8 Å². The lowest BCUT2D eigenvalue weighted by atomic mass is 10.1. The summed E-state index contributed by atoms with van der Waals surface area (Å²) in [6, 6.07) is 14.6. The Hall–Kier alpha value is -2.66. The lowest BCUT2D eigenvalue weighted by Crippen LogP contribution is -2.22. The van der Waals surface area contributed by atoms with Crippen LogP contribution in [0.1, 0.15) is 44.5 Å². The molecule has 0 aliphatic rings. The van der Waals surface area contributed by atoms with Crippen LogP contribution in [0.4, 0.5) is 10.8 Å². The largest absolute Gasteiger partial charge is 0.347 e.